The molecule has 20 heavy (non-hydrogen) atoms. The number of nitrogens with one attached hydrogen (secondary N) is 1. The van der Waals surface area contributed by atoms with Gasteiger partial charge in [0, 0.05) is 30.9 Å². The van der Waals surface area contributed by atoms with Crippen LogP contribution in [0.15, 0.2) is 41.2 Å². The normalized spacial score (nSPS) is 10.1. The van der Waals surface area contributed by atoms with Crippen molar-refractivity contribution in [3.05, 3.63) is 62.6 Å². The topological polar surface area (TPSA) is 107 Å². The van der Waals surface area contributed by atoms with Crippen LogP contribution in [-0.4, -0.2) is 20.6 Å². The smallest absolute Gasteiger partial charge is 0.276 e. The molecule has 0 bridgehead atoms. The summed E-state index contributed by atoms with van der Waals surface area (Å²) < 4.78 is 1.05. The molecule has 1 N–H and O–H groups in total. The van der Waals surface area contributed by atoms with Crippen LogP contribution in [0, 0.1) is 10.1 Å². The minimum atomic E-state index is -0.528. The zero-order valence-electron chi connectivity index (χ0n) is 10.4. The van der Waals surface area contributed by atoms with Crippen LogP contribution in [0.5, 0.6) is 0 Å². The first-order valence-electron chi connectivity index (χ1n) is 5.57. The van der Waals surface area contributed by atoms with Gasteiger partial charge < -0.3 is 5.32 Å². The predicted molar refractivity (Wildman–Crippen MR) is 70.5 cm³/mol. The standard InChI is InChI=1S/C12H10N4O4/c1-15-11(17)7-6-10(14-15)12(18)13-8-2-4-9(5-3-8)16(19)20/h2-7H,1H3,(H,13,18). The van der Waals surface area contributed by atoms with Crippen LogP contribution < -0.4 is 10.9 Å². The second kappa shape index (κ2) is 5.31. The Bertz CT molecular complexity index is 721. The van der Waals surface area contributed by atoms with E-state index in [-0.39, 0.29) is 16.9 Å². The van der Waals surface area contributed by atoms with Gasteiger partial charge in [-0.1, -0.05) is 0 Å². The van der Waals surface area contributed by atoms with Crippen molar-refractivity contribution in [2.75, 3.05) is 5.32 Å². The first-order chi connectivity index (χ1) is 9.47. The van der Waals surface area contributed by atoms with E-state index in [9.17, 15) is 19.7 Å². The molecule has 0 saturated heterocycles. The molecule has 0 aliphatic carbocycles. The predicted octanol–water partition coefficient (Wildman–Crippen LogP) is 0.941. The molecule has 1 amide bonds. The van der Waals surface area contributed by atoms with E-state index in [4.69, 9.17) is 0 Å². The van der Waals surface area contributed by atoms with Gasteiger partial charge in [-0.25, -0.2) is 4.68 Å². The number of aryl methyl sites for hydroxylation is 1. The number of rotatable bonds is 3. The highest BCUT2D eigenvalue weighted by Crippen LogP contribution is 2.15. The third kappa shape index (κ3) is 2.86. The van der Waals surface area contributed by atoms with Crippen molar-refractivity contribution in [2.45, 2.75) is 0 Å². The zero-order chi connectivity index (χ0) is 14.7. The first-order valence-corrected chi connectivity index (χ1v) is 5.57. The van der Waals surface area contributed by atoms with Crippen LogP contribution in [0.3, 0.4) is 0 Å². The number of anilines is 1. The molecule has 8 nitrogen and oxygen atoms in total. The average molecular weight is 274 g/mol. The van der Waals surface area contributed by atoms with E-state index in [1.807, 2.05) is 0 Å². The summed E-state index contributed by atoms with van der Waals surface area (Å²) in [5, 5.41) is 16.8. The number of carbonyl (C=O) groups excluding carboxylic acids is 1. The zero-order valence-corrected chi connectivity index (χ0v) is 10.4. The molecule has 0 aliphatic rings. The molecule has 0 atom stereocenters. The van der Waals surface area contributed by atoms with Crippen molar-refractivity contribution in [3.63, 3.8) is 0 Å². The number of hydrogen-bond donors (Lipinski definition) is 1. The molecule has 2 rings (SSSR count). The maximum absolute atomic E-state index is 11.9. The number of nitrogens with zero attached hydrogens (tertiary/aromatic N) is 3. The minimum absolute atomic E-state index is 0.0665. The number of hydrogen-bond acceptors (Lipinski definition) is 5. The van der Waals surface area contributed by atoms with Crippen molar-refractivity contribution < 1.29 is 9.72 Å². The third-order valence-electron chi connectivity index (χ3n) is 2.53. The van der Waals surface area contributed by atoms with Crippen LogP contribution >= 0.6 is 0 Å². The second-order valence-corrected chi connectivity index (χ2v) is 3.94. The number of aromatic nitrogens is 2. The lowest BCUT2D eigenvalue weighted by molar-refractivity contribution is -0.384. The molecule has 0 fully saturated rings. The molecular formula is C12H10N4O4. The van der Waals surface area contributed by atoms with E-state index in [1.54, 1.807) is 0 Å². The lowest BCUT2D eigenvalue weighted by atomic mass is 10.2. The van der Waals surface area contributed by atoms with E-state index in [1.165, 1.54) is 43.4 Å². The summed E-state index contributed by atoms with van der Waals surface area (Å²) in [6.45, 7) is 0. The maximum Gasteiger partial charge on any atom is 0.276 e. The lowest BCUT2D eigenvalue weighted by Gasteiger charge is -2.05. The summed E-state index contributed by atoms with van der Waals surface area (Å²) in [7, 11) is 1.44. The fraction of sp³-hybridized carbons (Fsp3) is 0.0833. The van der Waals surface area contributed by atoms with Crippen LogP contribution in [0.1, 0.15) is 10.5 Å². The Morgan fingerprint density at radius 1 is 1.25 bits per heavy atom. The number of non-ortho nitro benzene ring substituents is 1. The van der Waals surface area contributed by atoms with E-state index in [2.05, 4.69) is 10.4 Å². The van der Waals surface area contributed by atoms with Crippen molar-refractivity contribution in [1.29, 1.82) is 0 Å². The van der Waals surface area contributed by atoms with Crippen LogP contribution in [-0.2, 0) is 7.05 Å². The monoisotopic (exact) mass is 274 g/mol. The highest BCUT2D eigenvalue weighted by atomic mass is 16.6. The third-order valence-corrected chi connectivity index (χ3v) is 2.53. The van der Waals surface area contributed by atoms with E-state index < -0.39 is 10.8 Å². The average Bonchev–Trinajstić information content (AvgIpc) is 2.42. The van der Waals surface area contributed by atoms with Gasteiger partial charge in [0.15, 0.2) is 0 Å². The van der Waals surface area contributed by atoms with Gasteiger partial charge in [-0.3, -0.25) is 19.7 Å². The Hall–Kier alpha value is -3.03. The minimum Gasteiger partial charge on any atom is -0.321 e. The van der Waals surface area contributed by atoms with Gasteiger partial charge in [-0.2, -0.15) is 5.10 Å². The quantitative estimate of drug-likeness (QED) is 0.662. The summed E-state index contributed by atoms with van der Waals surface area (Å²) in [6.07, 6.45) is 0. The Labute approximate surface area is 112 Å². The van der Waals surface area contributed by atoms with Gasteiger partial charge in [0.05, 0.1) is 4.92 Å². The molecule has 0 unspecified atom stereocenters. The molecular weight excluding hydrogens is 264 g/mol. The molecule has 0 spiro atoms. The molecule has 2 aromatic rings. The van der Waals surface area contributed by atoms with Crippen molar-refractivity contribution >= 4 is 17.3 Å². The van der Waals surface area contributed by atoms with Gasteiger partial charge in [-0.15, -0.1) is 0 Å². The summed E-state index contributed by atoms with van der Waals surface area (Å²) in [5.74, 6) is -0.505. The second-order valence-electron chi connectivity index (χ2n) is 3.94. The van der Waals surface area contributed by atoms with Crippen LogP contribution in [0.2, 0.25) is 0 Å². The maximum atomic E-state index is 11.9. The van der Waals surface area contributed by atoms with E-state index in [0.29, 0.717) is 5.69 Å². The molecule has 102 valence electrons. The fourth-order valence-electron chi connectivity index (χ4n) is 1.49. The van der Waals surface area contributed by atoms with Crippen LogP contribution in [0.25, 0.3) is 0 Å². The van der Waals surface area contributed by atoms with Crippen LogP contribution in [0.4, 0.5) is 11.4 Å². The van der Waals surface area contributed by atoms with E-state index in [0.717, 1.165) is 4.68 Å². The van der Waals surface area contributed by atoms with Crippen molar-refractivity contribution in [2.24, 2.45) is 7.05 Å². The molecule has 1 aromatic heterocycles. The Morgan fingerprint density at radius 2 is 1.90 bits per heavy atom. The molecule has 0 radical (unpaired) electrons. The summed E-state index contributed by atoms with van der Waals surface area (Å²) in [4.78, 5) is 33.0. The lowest BCUT2D eigenvalue weighted by Crippen LogP contribution is -2.23. The van der Waals surface area contributed by atoms with E-state index >= 15 is 0 Å². The molecule has 0 aliphatic heterocycles. The number of nitro benzene ring substituents is 1. The van der Waals surface area contributed by atoms with Gasteiger partial charge in [0.2, 0.25) is 0 Å². The highest BCUT2D eigenvalue weighted by molar-refractivity contribution is 6.02. The molecule has 1 heterocycles. The molecule has 0 saturated carbocycles. The Kier molecular flexibility index (Phi) is 3.56. The number of benzene rings is 1. The van der Waals surface area contributed by atoms with Gasteiger partial charge >= 0.3 is 0 Å². The van der Waals surface area contributed by atoms with Gasteiger partial charge in [-0.05, 0) is 18.2 Å². The fourth-order valence-corrected chi connectivity index (χ4v) is 1.49. The summed E-state index contributed by atoms with van der Waals surface area (Å²) in [6, 6.07) is 7.93. The number of nitro groups is 1. The first kappa shape index (κ1) is 13.4. The summed E-state index contributed by atoms with van der Waals surface area (Å²) >= 11 is 0. The largest absolute Gasteiger partial charge is 0.321 e. The Morgan fingerprint density at radius 3 is 2.45 bits per heavy atom. The van der Waals surface area contributed by atoms with Gasteiger partial charge in [0.25, 0.3) is 17.2 Å². The van der Waals surface area contributed by atoms with Gasteiger partial charge in [0.1, 0.15) is 5.69 Å². The molecule has 1 aromatic carbocycles. The van der Waals surface area contributed by atoms with Crippen molar-refractivity contribution in [1.82, 2.24) is 9.78 Å². The highest BCUT2D eigenvalue weighted by Gasteiger charge is 2.10. The van der Waals surface area contributed by atoms with Crippen molar-refractivity contribution in [3.8, 4) is 0 Å². The summed E-state index contributed by atoms with van der Waals surface area (Å²) in [5.41, 5.74) is 0.0850. The number of amides is 1. The molecule has 8 heteroatoms. The SMILES string of the molecule is Cn1nc(C(=O)Nc2ccc([N+](=O)[O-])cc2)ccc1=O. The Balaban J connectivity index is 2.16. The number of carbonyl (C=O) groups is 1.